The van der Waals surface area contributed by atoms with E-state index in [1.165, 1.54) is 22.9 Å². The maximum absolute atomic E-state index is 11.0. The number of pyridine rings is 1. The fourth-order valence-corrected chi connectivity index (χ4v) is 1.89. The van der Waals surface area contributed by atoms with Gasteiger partial charge in [0.05, 0.1) is 16.8 Å². The SMILES string of the molecule is O=C(O)c1cc(Cl)c2nnc(-c3ccco3)n2c1. The average molecular weight is 264 g/mol. The van der Waals surface area contributed by atoms with Crippen LogP contribution in [0.1, 0.15) is 10.4 Å². The normalized spacial score (nSPS) is 10.9. The largest absolute Gasteiger partial charge is 0.478 e. The molecule has 3 heterocycles. The van der Waals surface area contributed by atoms with Crippen LogP contribution in [0, 0.1) is 0 Å². The van der Waals surface area contributed by atoms with Gasteiger partial charge in [0.2, 0.25) is 5.82 Å². The Balaban J connectivity index is 2.32. The summed E-state index contributed by atoms with van der Waals surface area (Å²) in [5, 5.41) is 17.1. The Morgan fingerprint density at radius 3 is 2.94 bits per heavy atom. The Kier molecular flexibility index (Phi) is 2.31. The lowest BCUT2D eigenvalue weighted by atomic mass is 10.3. The fraction of sp³-hybridized carbons (Fsp3) is 0. The van der Waals surface area contributed by atoms with E-state index in [1.54, 1.807) is 12.1 Å². The minimum atomic E-state index is -1.07. The predicted molar refractivity (Wildman–Crippen MR) is 62.7 cm³/mol. The zero-order chi connectivity index (χ0) is 12.7. The Morgan fingerprint density at radius 2 is 2.28 bits per heavy atom. The number of aromatic carboxylic acids is 1. The first-order chi connectivity index (χ1) is 8.66. The highest BCUT2D eigenvalue weighted by Crippen LogP contribution is 2.24. The first kappa shape index (κ1) is 10.8. The minimum Gasteiger partial charge on any atom is -0.478 e. The van der Waals surface area contributed by atoms with Gasteiger partial charge in [-0.2, -0.15) is 0 Å². The lowest BCUT2D eigenvalue weighted by Gasteiger charge is -2.00. The van der Waals surface area contributed by atoms with Gasteiger partial charge in [0.25, 0.3) is 0 Å². The predicted octanol–water partition coefficient (Wildman–Crippen LogP) is 2.34. The van der Waals surface area contributed by atoms with E-state index in [4.69, 9.17) is 21.1 Å². The first-order valence-electron chi connectivity index (χ1n) is 4.98. The molecule has 90 valence electrons. The molecule has 0 amide bonds. The number of aromatic nitrogens is 3. The average Bonchev–Trinajstić information content (AvgIpc) is 2.96. The van der Waals surface area contributed by atoms with Gasteiger partial charge in [-0.15, -0.1) is 10.2 Å². The number of carbonyl (C=O) groups is 1. The van der Waals surface area contributed by atoms with Crippen LogP contribution in [0.25, 0.3) is 17.2 Å². The number of nitrogens with zero attached hydrogens (tertiary/aromatic N) is 3. The number of hydrogen-bond donors (Lipinski definition) is 1. The van der Waals surface area contributed by atoms with E-state index in [0.717, 1.165) is 0 Å². The Morgan fingerprint density at radius 1 is 1.44 bits per heavy atom. The van der Waals surface area contributed by atoms with E-state index < -0.39 is 5.97 Å². The first-order valence-corrected chi connectivity index (χ1v) is 5.36. The van der Waals surface area contributed by atoms with Crippen LogP contribution in [-0.2, 0) is 0 Å². The van der Waals surface area contributed by atoms with Crippen molar-refractivity contribution in [1.29, 1.82) is 0 Å². The molecule has 7 heteroatoms. The summed E-state index contributed by atoms with van der Waals surface area (Å²) >= 11 is 5.96. The molecule has 3 aromatic rings. The van der Waals surface area contributed by atoms with Gasteiger partial charge in [-0.1, -0.05) is 11.6 Å². The van der Waals surface area contributed by atoms with Crippen molar-refractivity contribution in [2.75, 3.05) is 0 Å². The smallest absolute Gasteiger partial charge is 0.337 e. The topological polar surface area (TPSA) is 80.6 Å². The molecule has 0 aliphatic carbocycles. The molecule has 0 aliphatic heterocycles. The summed E-state index contributed by atoms with van der Waals surface area (Å²) in [6, 6.07) is 4.75. The van der Waals surface area contributed by atoms with Crippen molar-refractivity contribution >= 4 is 23.2 Å². The van der Waals surface area contributed by atoms with Crippen LogP contribution in [0.4, 0.5) is 0 Å². The van der Waals surface area contributed by atoms with Crippen LogP contribution < -0.4 is 0 Å². The molecule has 0 radical (unpaired) electrons. The summed E-state index contributed by atoms with van der Waals surface area (Å²) in [4.78, 5) is 11.0. The van der Waals surface area contributed by atoms with Crippen LogP contribution in [0.15, 0.2) is 35.1 Å². The van der Waals surface area contributed by atoms with Crippen LogP contribution in [0.2, 0.25) is 5.02 Å². The Hall–Kier alpha value is -2.34. The Bertz CT molecular complexity index is 733. The van der Waals surface area contributed by atoms with Crippen molar-refractivity contribution in [1.82, 2.24) is 14.6 Å². The van der Waals surface area contributed by atoms with Crippen LogP contribution >= 0.6 is 11.6 Å². The van der Waals surface area contributed by atoms with Crippen LogP contribution in [0.3, 0.4) is 0 Å². The van der Waals surface area contributed by atoms with Gasteiger partial charge in [-0.05, 0) is 18.2 Å². The molecule has 0 aromatic carbocycles. The van der Waals surface area contributed by atoms with Gasteiger partial charge in [-0.3, -0.25) is 4.40 Å². The lowest BCUT2D eigenvalue weighted by molar-refractivity contribution is 0.0696. The summed E-state index contributed by atoms with van der Waals surface area (Å²) < 4.78 is 6.70. The van der Waals surface area contributed by atoms with Crippen molar-refractivity contribution in [3.8, 4) is 11.6 Å². The number of carboxylic acids is 1. The van der Waals surface area contributed by atoms with Crippen molar-refractivity contribution < 1.29 is 14.3 Å². The number of hydrogen-bond acceptors (Lipinski definition) is 4. The second kappa shape index (κ2) is 3.85. The monoisotopic (exact) mass is 263 g/mol. The molecule has 0 aliphatic rings. The summed E-state index contributed by atoms with van der Waals surface area (Å²) in [5.41, 5.74) is 0.438. The molecule has 1 N–H and O–H groups in total. The number of rotatable bonds is 2. The quantitative estimate of drug-likeness (QED) is 0.767. The fourth-order valence-electron chi connectivity index (χ4n) is 1.64. The summed E-state index contributed by atoms with van der Waals surface area (Å²) in [6.07, 6.45) is 2.90. The van der Waals surface area contributed by atoms with E-state index in [-0.39, 0.29) is 10.6 Å². The zero-order valence-electron chi connectivity index (χ0n) is 8.87. The maximum Gasteiger partial charge on any atom is 0.337 e. The second-order valence-corrected chi connectivity index (χ2v) is 3.98. The zero-order valence-corrected chi connectivity index (χ0v) is 9.63. The molecule has 3 rings (SSSR count). The summed E-state index contributed by atoms with van der Waals surface area (Å²) in [5.74, 6) is -0.181. The number of halogens is 1. The van der Waals surface area contributed by atoms with Gasteiger partial charge in [0.1, 0.15) is 0 Å². The van der Waals surface area contributed by atoms with Gasteiger partial charge in [0, 0.05) is 6.20 Å². The molecule has 6 nitrogen and oxygen atoms in total. The van der Waals surface area contributed by atoms with Crippen molar-refractivity contribution in [3.63, 3.8) is 0 Å². The van der Waals surface area contributed by atoms with Crippen LogP contribution in [0.5, 0.6) is 0 Å². The highest BCUT2D eigenvalue weighted by molar-refractivity contribution is 6.33. The van der Waals surface area contributed by atoms with Gasteiger partial charge in [0.15, 0.2) is 11.4 Å². The molecule has 0 unspecified atom stereocenters. The molecular formula is C11H6ClN3O3. The highest BCUT2D eigenvalue weighted by Gasteiger charge is 2.15. The van der Waals surface area contributed by atoms with Crippen molar-refractivity contribution in [2.45, 2.75) is 0 Å². The Labute approximate surface area is 105 Å². The number of furan rings is 1. The lowest BCUT2D eigenvalue weighted by Crippen LogP contribution is -2.00. The standard InChI is InChI=1S/C11H6ClN3O3/c12-7-4-6(11(16)17)5-15-9(7)13-14-10(15)8-2-1-3-18-8/h1-5H,(H,16,17). The van der Waals surface area contributed by atoms with E-state index in [1.807, 2.05) is 0 Å². The molecule has 3 aromatic heterocycles. The van der Waals surface area contributed by atoms with Crippen molar-refractivity contribution in [2.24, 2.45) is 0 Å². The van der Waals surface area contributed by atoms with Gasteiger partial charge < -0.3 is 9.52 Å². The third-order valence-corrected chi connectivity index (χ3v) is 2.73. The number of carboxylic acid groups (broad SMARTS) is 1. The van der Waals surface area contributed by atoms with Crippen molar-refractivity contribution in [3.05, 3.63) is 41.2 Å². The minimum absolute atomic E-state index is 0.0557. The van der Waals surface area contributed by atoms with E-state index in [0.29, 0.717) is 17.2 Å². The van der Waals surface area contributed by atoms with E-state index in [2.05, 4.69) is 10.2 Å². The molecule has 0 spiro atoms. The molecule has 0 fully saturated rings. The third kappa shape index (κ3) is 1.54. The molecule has 0 saturated carbocycles. The molecule has 0 bridgehead atoms. The van der Waals surface area contributed by atoms with Gasteiger partial charge >= 0.3 is 5.97 Å². The van der Waals surface area contributed by atoms with E-state index >= 15 is 0 Å². The van der Waals surface area contributed by atoms with E-state index in [9.17, 15) is 4.79 Å². The van der Waals surface area contributed by atoms with Gasteiger partial charge in [-0.25, -0.2) is 4.79 Å². The maximum atomic E-state index is 11.0. The second-order valence-electron chi connectivity index (χ2n) is 3.58. The molecule has 0 atom stereocenters. The summed E-state index contributed by atoms with van der Waals surface area (Å²) in [6.45, 7) is 0. The third-order valence-electron chi connectivity index (χ3n) is 2.45. The summed E-state index contributed by atoms with van der Waals surface area (Å²) in [7, 11) is 0. The highest BCUT2D eigenvalue weighted by atomic mass is 35.5. The van der Waals surface area contributed by atoms with Crippen LogP contribution in [-0.4, -0.2) is 25.7 Å². The molecule has 18 heavy (non-hydrogen) atoms. The molecular weight excluding hydrogens is 258 g/mol. The molecule has 0 saturated heterocycles. The number of fused-ring (bicyclic) bond motifs is 1.